The van der Waals surface area contributed by atoms with Crippen LogP contribution in [0, 0.1) is 0 Å². The molecule has 0 amide bonds. The second kappa shape index (κ2) is 2.79. The molecule has 1 unspecified atom stereocenters. The van der Waals surface area contributed by atoms with Gasteiger partial charge in [-0.2, -0.15) is 0 Å². The lowest BCUT2D eigenvalue weighted by Gasteiger charge is -2.06. The van der Waals surface area contributed by atoms with Gasteiger partial charge in [0.1, 0.15) is 12.2 Å². The third-order valence-corrected chi connectivity index (χ3v) is 1.47. The van der Waals surface area contributed by atoms with Gasteiger partial charge in [0, 0.05) is 0 Å². The minimum Gasteiger partial charge on any atom is -0.394 e. The molecular formula is C5H9FO4. The molecule has 3 N–H and O–H groups in total. The Balaban J connectivity index is 2.53. The molecule has 1 saturated heterocycles. The first-order chi connectivity index (χ1) is 4.66. The second-order valence-electron chi connectivity index (χ2n) is 2.18. The quantitative estimate of drug-likeness (QED) is 0.423. The third kappa shape index (κ3) is 1.13. The highest BCUT2D eigenvalue weighted by molar-refractivity contribution is 4.85. The number of ether oxygens (including phenoxy) is 1. The fraction of sp³-hybridized carbons (Fsp3) is 1.00. The molecule has 60 valence electrons. The van der Waals surface area contributed by atoms with Crippen LogP contribution in [0.1, 0.15) is 0 Å². The summed E-state index contributed by atoms with van der Waals surface area (Å²) >= 11 is 0. The second-order valence-corrected chi connectivity index (χ2v) is 2.18. The molecule has 1 aliphatic heterocycles. The smallest absolute Gasteiger partial charge is 0.184 e. The Morgan fingerprint density at radius 1 is 1.40 bits per heavy atom. The van der Waals surface area contributed by atoms with Gasteiger partial charge >= 0.3 is 0 Å². The van der Waals surface area contributed by atoms with Gasteiger partial charge in [0.15, 0.2) is 12.5 Å². The monoisotopic (exact) mass is 152 g/mol. The molecule has 0 aromatic carbocycles. The highest BCUT2D eigenvalue weighted by Gasteiger charge is 2.42. The van der Waals surface area contributed by atoms with Gasteiger partial charge in [-0.25, -0.2) is 4.39 Å². The maximum atomic E-state index is 12.5. The summed E-state index contributed by atoms with van der Waals surface area (Å²) in [4.78, 5) is 0. The topological polar surface area (TPSA) is 69.9 Å². The lowest BCUT2D eigenvalue weighted by molar-refractivity contribution is -0.132. The molecule has 0 radical (unpaired) electrons. The standard InChI is InChI=1S/C5H9FO4/c6-3-2(1-7)10-5(9)4(3)8/h2-5,7-9H,1H2/t2-,3+,4-,5?/m0/s1. The van der Waals surface area contributed by atoms with Gasteiger partial charge in [0.05, 0.1) is 6.61 Å². The first kappa shape index (κ1) is 7.87. The maximum Gasteiger partial charge on any atom is 0.184 e. The number of halogens is 1. The molecule has 10 heavy (non-hydrogen) atoms. The molecule has 5 heteroatoms. The van der Waals surface area contributed by atoms with Crippen molar-refractivity contribution in [3.63, 3.8) is 0 Å². The Kier molecular flexibility index (Phi) is 2.20. The lowest BCUT2D eigenvalue weighted by Crippen LogP contribution is -2.29. The summed E-state index contributed by atoms with van der Waals surface area (Å²) in [6, 6.07) is 0. The molecule has 1 fully saturated rings. The largest absolute Gasteiger partial charge is 0.394 e. The van der Waals surface area contributed by atoms with Crippen LogP contribution in [0.4, 0.5) is 4.39 Å². The van der Waals surface area contributed by atoms with Crippen molar-refractivity contribution < 1.29 is 24.4 Å². The van der Waals surface area contributed by atoms with E-state index in [0.717, 1.165) is 0 Å². The molecule has 4 atom stereocenters. The summed E-state index contributed by atoms with van der Waals surface area (Å²) in [5.74, 6) is 0. The molecule has 0 aromatic rings. The Bertz CT molecular complexity index is 120. The number of alkyl halides is 1. The third-order valence-electron chi connectivity index (χ3n) is 1.47. The van der Waals surface area contributed by atoms with E-state index in [-0.39, 0.29) is 0 Å². The van der Waals surface area contributed by atoms with Crippen LogP contribution < -0.4 is 0 Å². The summed E-state index contributed by atoms with van der Waals surface area (Å²) in [5.41, 5.74) is 0. The first-order valence-corrected chi connectivity index (χ1v) is 2.93. The normalized spacial score (nSPS) is 48.0. The van der Waals surface area contributed by atoms with Gasteiger partial charge in [-0.15, -0.1) is 0 Å². The summed E-state index contributed by atoms with van der Waals surface area (Å²) < 4.78 is 17.0. The van der Waals surface area contributed by atoms with Gasteiger partial charge in [-0.05, 0) is 0 Å². The van der Waals surface area contributed by atoms with Gasteiger partial charge in [-0.1, -0.05) is 0 Å². The maximum absolute atomic E-state index is 12.5. The summed E-state index contributed by atoms with van der Waals surface area (Å²) in [7, 11) is 0. The van der Waals surface area contributed by atoms with Crippen LogP contribution in [0.2, 0.25) is 0 Å². The Hall–Kier alpha value is -0.230. The highest BCUT2D eigenvalue weighted by atomic mass is 19.1. The van der Waals surface area contributed by atoms with Crippen molar-refractivity contribution in [1.82, 2.24) is 0 Å². The van der Waals surface area contributed by atoms with Gasteiger partial charge in [0.25, 0.3) is 0 Å². The summed E-state index contributed by atoms with van der Waals surface area (Å²) in [5, 5.41) is 25.7. The van der Waals surface area contributed by atoms with Crippen molar-refractivity contribution in [2.45, 2.75) is 24.7 Å². The van der Waals surface area contributed by atoms with E-state index >= 15 is 0 Å². The van der Waals surface area contributed by atoms with Crippen molar-refractivity contribution in [3.8, 4) is 0 Å². The molecule has 1 aliphatic rings. The van der Waals surface area contributed by atoms with E-state index in [1.807, 2.05) is 0 Å². The van der Waals surface area contributed by atoms with Gasteiger partial charge < -0.3 is 20.1 Å². The van der Waals surface area contributed by atoms with Crippen LogP contribution >= 0.6 is 0 Å². The van der Waals surface area contributed by atoms with Crippen LogP contribution in [0.3, 0.4) is 0 Å². The first-order valence-electron chi connectivity index (χ1n) is 2.93. The fourth-order valence-corrected chi connectivity index (χ4v) is 0.856. The van der Waals surface area contributed by atoms with Crippen LogP contribution in [0.15, 0.2) is 0 Å². The number of hydrogen-bond acceptors (Lipinski definition) is 4. The van der Waals surface area contributed by atoms with E-state index < -0.39 is 31.3 Å². The van der Waals surface area contributed by atoms with Crippen molar-refractivity contribution >= 4 is 0 Å². The zero-order chi connectivity index (χ0) is 7.72. The minimum atomic E-state index is -1.69. The molecule has 4 nitrogen and oxygen atoms in total. The Labute approximate surface area is 56.9 Å². The van der Waals surface area contributed by atoms with E-state index in [2.05, 4.69) is 4.74 Å². The zero-order valence-electron chi connectivity index (χ0n) is 5.14. The number of aliphatic hydroxyl groups is 3. The van der Waals surface area contributed by atoms with Crippen LogP contribution in [-0.2, 0) is 4.74 Å². The van der Waals surface area contributed by atoms with Crippen molar-refractivity contribution in [1.29, 1.82) is 0 Å². The van der Waals surface area contributed by atoms with Crippen molar-refractivity contribution in [2.24, 2.45) is 0 Å². The number of rotatable bonds is 1. The molecule has 0 spiro atoms. The summed E-state index contributed by atoms with van der Waals surface area (Å²) in [6.07, 6.45) is -5.82. The highest BCUT2D eigenvalue weighted by Crippen LogP contribution is 2.21. The molecule has 0 aliphatic carbocycles. The van der Waals surface area contributed by atoms with Crippen LogP contribution in [0.25, 0.3) is 0 Å². The van der Waals surface area contributed by atoms with Crippen LogP contribution in [-0.4, -0.2) is 46.6 Å². The molecule has 0 saturated carbocycles. The van der Waals surface area contributed by atoms with Gasteiger partial charge in [-0.3, -0.25) is 0 Å². The van der Waals surface area contributed by atoms with E-state index in [1.165, 1.54) is 0 Å². The zero-order valence-corrected chi connectivity index (χ0v) is 5.14. The predicted molar refractivity (Wildman–Crippen MR) is 28.9 cm³/mol. The fourth-order valence-electron chi connectivity index (χ4n) is 0.856. The molecule has 0 aromatic heterocycles. The average molecular weight is 152 g/mol. The van der Waals surface area contributed by atoms with E-state index in [0.29, 0.717) is 0 Å². The summed E-state index contributed by atoms with van der Waals surface area (Å²) in [6.45, 7) is -0.532. The van der Waals surface area contributed by atoms with E-state index in [4.69, 9.17) is 15.3 Å². The van der Waals surface area contributed by atoms with Crippen LogP contribution in [0.5, 0.6) is 0 Å². The predicted octanol–water partition coefficient (Wildman–Crippen LogP) is -1.61. The van der Waals surface area contributed by atoms with Gasteiger partial charge in [0.2, 0.25) is 0 Å². The lowest BCUT2D eigenvalue weighted by atomic mass is 10.2. The molecule has 1 heterocycles. The Morgan fingerprint density at radius 2 is 2.00 bits per heavy atom. The van der Waals surface area contributed by atoms with E-state index in [1.54, 1.807) is 0 Å². The molecular weight excluding hydrogens is 143 g/mol. The minimum absolute atomic E-state index is 0.532. The van der Waals surface area contributed by atoms with Crippen molar-refractivity contribution in [2.75, 3.05) is 6.61 Å². The van der Waals surface area contributed by atoms with Crippen molar-refractivity contribution in [3.05, 3.63) is 0 Å². The molecule has 0 bridgehead atoms. The number of aliphatic hydroxyl groups excluding tert-OH is 3. The molecule has 1 rings (SSSR count). The van der Waals surface area contributed by atoms with E-state index in [9.17, 15) is 4.39 Å². The Morgan fingerprint density at radius 3 is 2.20 bits per heavy atom. The SMILES string of the molecule is OC[C@@H]1OC(O)[C@@H](O)[C@@H]1F. The average Bonchev–Trinajstić information content (AvgIpc) is 2.17. The number of hydrogen-bond donors (Lipinski definition) is 3.